The maximum Gasteiger partial charge on any atom is 0.00684 e. The number of hydrogen-bond donors (Lipinski definition) is 1. The Morgan fingerprint density at radius 2 is 1.63 bits per heavy atom. The molecule has 0 heterocycles. The lowest BCUT2D eigenvalue weighted by Crippen LogP contribution is -2.27. The van der Waals surface area contributed by atoms with Gasteiger partial charge in [0.15, 0.2) is 0 Å². The Morgan fingerprint density at radius 3 is 2.21 bits per heavy atom. The molecule has 19 heavy (non-hydrogen) atoms. The van der Waals surface area contributed by atoms with Crippen LogP contribution in [0.4, 0.5) is 0 Å². The first-order chi connectivity index (χ1) is 9.22. The van der Waals surface area contributed by atoms with Gasteiger partial charge in [0.1, 0.15) is 0 Å². The third-order valence-electron chi connectivity index (χ3n) is 4.84. The van der Waals surface area contributed by atoms with Crippen LogP contribution in [0, 0.1) is 19.8 Å². The minimum atomic E-state index is 0.738. The van der Waals surface area contributed by atoms with E-state index in [1.165, 1.54) is 56.2 Å². The van der Waals surface area contributed by atoms with Crippen molar-refractivity contribution in [2.24, 2.45) is 5.92 Å². The zero-order valence-corrected chi connectivity index (χ0v) is 12.4. The van der Waals surface area contributed by atoms with Crippen molar-refractivity contribution in [2.45, 2.75) is 64.3 Å². The van der Waals surface area contributed by atoms with E-state index in [2.05, 4.69) is 37.4 Å². The van der Waals surface area contributed by atoms with Gasteiger partial charge in [-0.05, 0) is 56.9 Å². The van der Waals surface area contributed by atoms with Crippen molar-refractivity contribution in [3.05, 3.63) is 34.9 Å². The molecule has 1 atom stereocenters. The molecule has 2 aliphatic carbocycles. The topological polar surface area (TPSA) is 12.0 Å². The molecule has 1 nitrogen and oxygen atoms in total. The average Bonchev–Trinajstić information content (AvgIpc) is 3.02. The highest BCUT2D eigenvalue weighted by atomic mass is 14.9. The molecule has 0 radical (unpaired) electrons. The number of aryl methyl sites for hydroxylation is 2. The first-order valence-corrected chi connectivity index (χ1v) is 8.04. The molecule has 2 aliphatic rings. The summed E-state index contributed by atoms with van der Waals surface area (Å²) in [4.78, 5) is 0. The maximum atomic E-state index is 3.77. The fourth-order valence-electron chi connectivity index (χ4n) is 3.72. The molecule has 1 aromatic carbocycles. The fourth-order valence-corrected chi connectivity index (χ4v) is 3.72. The molecular formula is C18H27N. The predicted molar refractivity (Wildman–Crippen MR) is 81.6 cm³/mol. The molecule has 0 aromatic heterocycles. The van der Waals surface area contributed by atoms with Crippen LogP contribution in [0.25, 0.3) is 0 Å². The highest BCUT2D eigenvalue weighted by Gasteiger charge is 2.29. The highest BCUT2D eigenvalue weighted by Crippen LogP contribution is 2.38. The lowest BCUT2D eigenvalue weighted by Gasteiger charge is -2.25. The van der Waals surface area contributed by atoms with Crippen LogP contribution in [0.15, 0.2) is 18.2 Å². The van der Waals surface area contributed by atoms with Gasteiger partial charge in [0.25, 0.3) is 0 Å². The van der Waals surface area contributed by atoms with Gasteiger partial charge in [-0.15, -0.1) is 0 Å². The summed E-state index contributed by atoms with van der Waals surface area (Å²) in [5.41, 5.74) is 4.42. The predicted octanol–water partition coefficient (Wildman–Crippen LogP) is 4.33. The summed E-state index contributed by atoms with van der Waals surface area (Å²) in [5, 5.41) is 3.77. The first-order valence-electron chi connectivity index (χ1n) is 8.04. The molecule has 0 spiro atoms. The van der Waals surface area contributed by atoms with Crippen molar-refractivity contribution in [3.8, 4) is 0 Å². The normalized spacial score (nSPS) is 21.8. The number of benzene rings is 1. The molecule has 0 bridgehead atoms. The zero-order valence-electron chi connectivity index (χ0n) is 12.4. The molecule has 1 unspecified atom stereocenters. The van der Waals surface area contributed by atoms with E-state index in [9.17, 15) is 0 Å². The minimum Gasteiger partial charge on any atom is -0.313 e. The smallest absolute Gasteiger partial charge is 0.00684 e. The number of hydrogen-bond acceptors (Lipinski definition) is 1. The van der Waals surface area contributed by atoms with Crippen molar-refractivity contribution < 1.29 is 0 Å². The van der Waals surface area contributed by atoms with Gasteiger partial charge in [-0.3, -0.25) is 0 Å². The molecule has 0 saturated heterocycles. The van der Waals surface area contributed by atoms with Crippen molar-refractivity contribution in [1.82, 2.24) is 5.32 Å². The molecular weight excluding hydrogens is 230 g/mol. The Labute approximate surface area is 117 Å². The highest BCUT2D eigenvalue weighted by molar-refractivity contribution is 5.31. The molecule has 3 rings (SSSR count). The number of nitrogens with one attached hydrogen (secondary N) is 1. The van der Waals surface area contributed by atoms with E-state index in [1.54, 1.807) is 5.56 Å². The largest absolute Gasteiger partial charge is 0.313 e. The summed E-state index contributed by atoms with van der Waals surface area (Å²) in [6.45, 7) is 5.66. The van der Waals surface area contributed by atoms with Crippen molar-refractivity contribution >= 4 is 0 Å². The van der Waals surface area contributed by atoms with Crippen LogP contribution in [0.2, 0.25) is 0 Å². The Balaban J connectivity index is 1.78. The van der Waals surface area contributed by atoms with E-state index in [4.69, 9.17) is 0 Å². The maximum absolute atomic E-state index is 3.77. The standard InChI is InChI=1S/C18H27N/c1-13-9-14(2)11-16(10-13)18(12-19-17-7-8-17)15-5-3-4-6-15/h9-11,15,17-19H,3-8,12H2,1-2H3. The monoisotopic (exact) mass is 257 g/mol. The fraction of sp³-hybridized carbons (Fsp3) is 0.667. The van der Waals surface area contributed by atoms with E-state index in [0.717, 1.165) is 17.9 Å². The van der Waals surface area contributed by atoms with E-state index in [-0.39, 0.29) is 0 Å². The van der Waals surface area contributed by atoms with E-state index < -0.39 is 0 Å². The molecule has 1 N–H and O–H groups in total. The zero-order chi connectivity index (χ0) is 13.2. The van der Waals surface area contributed by atoms with Gasteiger partial charge in [-0.2, -0.15) is 0 Å². The Hall–Kier alpha value is -0.820. The number of rotatable bonds is 5. The quantitative estimate of drug-likeness (QED) is 0.828. The van der Waals surface area contributed by atoms with Gasteiger partial charge >= 0.3 is 0 Å². The van der Waals surface area contributed by atoms with Crippen LogP contribution in [0.5, 0.6) is 0 Å². The summed E-state index contributed by atoms with van der Waals surface area (Å²) in [7, 11) is 0. The summed E-state index contributed by atoms with van der Waals surface area (Å²) in [6.07, 6.45) is 8.53. The van der Waals surface area contributed by atoms with E-state index in [0.29, 0.717) is 0 Å². The Kier molecular flexibility index (Phi) is 3.93. The molecule has 2 saturated carbocycles. The second kappa shape index (κ2) is 5.66. The van der Waals surface area contributed by atoms with Crippen LogP contribution >= 0.6 is 0 Å². The van der Waals surface area contributed by atoms with Crippen LogP contribution in [-0.2, 0) is 0 Å². The van der Waals surface area contributed by atoms with Gasteiger partial charge in [-0.1, -0.05) is 42.2 Å². The van der Waals surface area contributed by atoms with Gasteiger partial charge < -0.3 is 5.32 Å². The van der Waals surface area contributed by atoms with E-state index >= 15 is 0 Å². The van der Waals surface area contributed by atoms with Crippen LogP contribution in [-0.4, -0.2) is 12.6 Å². The Morgan fingerprint density at radius 1 is 1.00 bits per heavy atom. The van der Waals surface area contributed by atoms with Crippen LogP contribution < -0.4 is 5.32 Å². The summed E-state index contributed by atoms with van der Waals surface area (Å²) in [5.74, 6) is 1.65. The summed E-state index contributed by atoms with van der Waals surface area (Å²) >= 11 is 0. The van der Waals surface area contributed by atoms with Gasteiger partial charge in [0, 0.05) is 12.6 Å². The average molecular weight is 257 g/mol. The molecule has 1 heteroatoms. The molecule has 2 fully saturated rings. The van der Waals surface area contributed by atoms with Crippen LogP contribution in [0.1, 0.15) is 61.1 Å². The minimum absolute atomic E-state index is 0.738. The molecule has 0 aliphatic heterocycles. The van der Waals surface area contributed by atoms with Gasteiger partial charge in [-0.25, -0.2) is 0 Å². The Bertz CT molecular complexity index is 407. The first kappa shape index (κ1) is 13.2. The lowest BCUT2D eigenvalue weighted by molar-refractivity contribution is 0.410. The van der Waals surface area contributed by atoms with E-state index in [1.807, 2.05) is 0 Å². The second-order valence-corrected chi connectivity index (χ2v) is 6.75. The van der Waals surface area contributed by atoms with Crippen molar-refractivity contribution in [3.63, 3.8) is 0 Å². The molecule has 0 amide bonds. The lowest BCUT2D eigenvalue weighted by atomic mass is 9.83. The van der Waals surface area contributed by atoms with Gasteiger partial charge in [0.05, 0.1) is 0 Å². The van der Waals surface area contributed by atoms with Crippen LogP contribution in [0.3, 0.4) is 0 Å². The second-order valence-electron chi connectivity index (χ2n) is 6.75. The third kappa shape index (κ3) is 3.39. The molecule has 1 aromatic rings. The summed E-state index contributed by atoms with van der Waals surface area (Å²) < 4.78 is 0. The third-order valence-corrected chi connectivity index (χ3v) is 4.84. The molecule has 104 valence electrons. The summed E-state index contributed by atoms with van der Waals surface area (Å²) in [6, 6.07) is 7.97. The SMILES string of the molecule is Cc1cc(C)cc(C(CNC2CC2)C2CCCC2)c1. The van der Waals surface area contributed by atoms with Crippen molar-refractivity contribution in [1.29, 1.82) is 0 Å². The van der Waals surface area contributed by atoms with Crippen molar-refractivity contribution in [2.75, 3.05) is 6.54 Å². The van der Waals surface area contributed by atoms with Gasteiger partial charge in [0.2, 0.25) is 0 Å².